The number of alkyl halides is 3. The Labute approximate surface area is 236 Å². The molecule has 226 valence electrons. The van der Waals surface area contributed by atoms with E-state index in [0.717, 1.165) is 26.1 Å². The zero-order valence-corrected chi connectivity index (χ0v) is 22.9. The van der Waals surface area contributed by atoms with Crippen molar-refractivity contribution < 1.29 is 49.9 Å². The summed E-state index contributed by atoms with van der Waals surface area (Å²) >= 11 is 0. The van der Waals surface area contributed by atoms with Crippen molar-refractivity contribution in [3.8, 4) is 0 Å². The molecular weight excluding hydrogens is 590 g/mol. The second kappa shape index (κ2) is 11.2. The average Bonchev–Trinajstić information content (AvgIpc) is 3.36. The SMILES string of the molecule is CNS(=O)(=O)NC(=O)Nc1ccc2c(c1)C(CC(=O)N(Cc1ccc(F)cc1)C(C)C(F)(F)F)C[C@@]21OC(=O)NC1=O. The van der Waals surface area contributed by atoms with Gasteiger partial charge in [-0.1, -0.05) is 18.2 Å². The van der Waals surface area contributed by atoms with Gasteiger partial charge >= 0.3 is 28.5 Å². The van der Waals surface area contributed by atoms with Gasteiger partial charge in [-0.15, -0.1) is 0 Å². The van der Waals surface area contributed by atoms with Crippen molar-refractivity contribution in [3.05, 3.63) is 65.0 Å². The van der Waals surface area contributed by atoms with Gasteiger partial charge in [-0.2, -0.15) is 21.6 Å². The Hall–Kier alpha value is -4.25. The first-order chi connectivity index (χ1) is 19.5. The summed E-state index contributed by atoms with van der Waals surface area (Å²) in [4.78, 5) is 51.0. The number of carbonyl (C=O) groups excluding carboxylic acids is 4. The van der Waals surface area contributed by atoms with Crippen LogP contribution in [0, 0.1) is 5.82 Å². The molecule has 0 radical (unpaired) electrons. The fourth-order valence-electron chi connectivity index (χ4n) is 4.89. The molecule has 3 atom stereocenters. The number of anilines is 1. The van der Waals surface area contributed by atoms with Crippen LogP contribution in [0.3, 0.4) is 0 Å². The number of urea groups is 1. The van der Waals surface area contributed by atoms with E-state index in [2.05, 4.69) is 5.32 Å². The molecule has 0 aromatic heterocycles. The second-order valence-corrected chi connectivity index (χ2v) is 11.3. The molecule has 1 spiro atoms. The van der Waals surface area contributed by atoms with Crippen molar-refractivity contribution in [1.82, 2.24) is 19.7 Å². The first-order valence-electron chi connectivity index (χ1n) is 12.4. The highest BCUT2D eigenvalue weighted by Gasteiger charge is 2.57. The van der Waals surface area contributed by atoms with E-state index in [1.54, 1.807) is 4.72 Å². The molecule has 1 aliphatic heterocycles. The van der Waals surface area contributed by atoms with E-state index in [0.29, 0.717) is 4.90 Å². The van der Waals surface area contributed by atoms with E-state index in [1.165, 1.54) is 30.3 Å². The number of nitrogens with one attached hydrogen (secondary N) is 4. The van der Waals surface area contributed by atoms with Crippen LogP contribution in [0.1, 0.15) is 42.4 Å². The minimum Gasteiger partial charge on any atom is -0.427 e. The third-order valence-electron chi connectivity index (χ3n) is 7.01. The normalized spacial score (nSPS) is 20.5. The maximum Gasteiger partial charge on any atom is 0.415 e. The third kappa shape index (κ3) is 6.30. The number of amides is 5. The molecule has 4 N–H and O–H groups in total. The zero-order chi connectivity index (χ0) is 31.0. The lowest BCUT2D eigenvalue weighted by Gasteiger charge is -2.32. The summed E-state index contributed by atoms with van der Waals surface area (Å²) in [5.74, 6) is -3.38. The Morgan fingerprint density at radius 1 is 1.17 bits per heavy atom. The number of rotatable bonds is 8. The van der Waals surface area contributed by atoms with E-state index in [9.17, 15) is 45.2 Å². The zero-order valence-electron chi connectivity index (χ0n) is 22.0. The first-order valence-corrected chi connectivity index (χ1v) is 13.8. The largest absolute Gasteiger partial charge is 0.427 e. The van der Waals surface area contributed by atoms with E-state index in [1.807, 2.05) is 10.0 Å². The van der Waals surface area contributed by atoms with Crippen molar-refractivity contribution in [3.63, 3.8) is 0 Å². The van der Waals surface area contributed by atoms with Crippen molar-refractivity contribution in [1.29, 1.82) is 0 Å². The number of imide groups is 1. The highest BCUT2D eigenvalue weighted by atomic mass is 32.2. The molecule has 2 aliphatic rings. The van der Waals surface area contributed by atoms with Crippen LogP contribution in [0.25, 0.3) is 0 Å². The molecule has 12 nitrogen and oxygen atoms in total. The Balaban J connectivity index is 1.67. The van der Waals surface area contributed by atoms with Gasteiger partial charge in [-0.3, -0.25) is 14.9 Å². The van der Waals surface area contributed by atoms with E-state index in [-0.39, 0.29) is 28.8 Å². The molecule has 1 heterocycles. The molecule has 17 heteroatoms. The topological polar surface area (TPSA) is 163 Å². The lowest BCUT2D eigenvalue weighted by molar-refractivity contribution is -0.187. The fourth-order valence-corrected chi connectivity index (χ4v) is 5.29. The summed E-state index contributed by atoms with van der Waals surface area (Å²) in [5, 5.41) is 4.29. The van der Waals surface area contributed by atoms with Crippen LogP contribution in [-0.4, -0.2) is 56.5 Å². The number of nitrogens with zero attached hydrogens (tertiary/aromatic N) is 1. The van der Waals surface area contributed by atoms with Gasteiger partial charge in [0.05, 0.1) is 0 Å². The molecule has 42 heavy (non-hydrogen) atoms. The summed E-state index contributed by atoms with van der Waals surface area (Å²) < 4.78 is 86.8. The fraction of sp³-hybridized carbons (Fsp3) is 0.360. The van der Waals surface area contributed by atoms with Crippen molar-refractivity contribution >= 4 is 39.8 Å². The minimum absolute atomic E-state index is 0.0172. The Bertz CT molecular complexity index is 1530. The average molecular weight is 616 g/mol. The monoisotopic (exact) mass is 615 g/mol. The van der Waals surface area contributed by atoms with E-state index in [4.69, 9.17) is 4.74 Å². The van der Waals surface area contributed by atoms with Crippen LogP contribution in [0.2, 0.25) is 0 Å². The van der Waals surface area contributed by atoms with Crippen LogP contribution in [0.15, 0.2) is 42.5 Å². The van der Waals surface area contributed by atoms with Crippen LogP contribution in [0.5, 0.6) is 0 Å². The third-order valence-corrected chi connectivity index (χ3v) is 8.00. The summed E-state index contributed by atoms with van der Waals surface area (Å²) in [5.41, 5.74) is -1.26. The molecule has 0 saturated carbocycles. The number of benzene rings is 2. The molecule has 2 aromatic carbocycles. The molecule has 1 saturated heterocycles. The maximum absolute atomic E-state index is 13.8. The number of ether oxygens (including phenoxy) is 1. The summed E-state index contributed by atoms with van der Waals surface area (Å²) in [6.07, 6.45) is -6.71. The maximum atomic E-state index is 13.8. The van der Waals surface area contributed by atoms with Crippen LogP contribution < -0.4 is 20.1 Å². The molecular formula is C25H25F4N5O7S. The van der Waals surface area contributed by atoms with Gasteiger partial charge in [0.15, 0.2) is 0 Å². The first kappa shape index (κ1) is 30.7. The van der Waals surface area contributed by atoms with Gasteiger partial charge in [0.25, 0.3) is 5.91 Å². The van der Waals surface area contributed by atoms with E-state index < -0.39 is 76.7 Å². The lowest BCUT2D eigenvalue weighted by atomic mass is 9.94. The van der Waals surface area contributed by atoms with Crippen molar-refractivity contribution in [2.75, 3.05) is 12.4 Å². The van der Waals surface area contributed by atoms with Crippen LogP contribution >= 0.6 is 0 Å². The summed E-state index contributed by atoms with van der Waals surface area (Å²) in [7, 11) is -3.08. The molecule has 1 fully saturated rings. The summed E-state index contributed by atoms with van der Waals surface area (Å²) in [6, 6.07) is 5.14. The van der Waals surface area contributed by atoms with E-state index >= 15 is 0 Å². The van der Waals surface area contributed by atoms with Gasteiger partial charge < -0.3 is 15.0 Å². The number of carbonyl (C=O) groups is 4. The smallest absolute Gasteiger partial charge is 0.415 e. The van der Waals surface area contributed by atoms with Gasteiger partial charge in [0.2, 0.25) is 11.5 Å². The Morgan fingerprint density at radius 3 is 2.40 bits per heavy atom. The predicted molar refractivity (Wildman–Crippen MR) is 137 cm³/mol. The number of hydrogen-bond donors (Lipinski definition) is 4. The van der Waals surface area contributed by atoms with Gasteiger partial charge in [-0.25, -0.2) is 23.4 Å². The number of halogens is 4. The van der Waals surface area contributed by atoms with Gasteiger partial charge in [0.1, 0.15) is 11.9 Å². The van der Waals surface area contributed by atoms with Gasteiger partial charge in [-0.05, 0) is 48.2 Å². The summed E-state index contributed by atoms with van der Waals surface area (Å²) in [6.45, 7) is 0.305. The van der Waals surface area contributed by atoms with Crippen LogP contribution in [-0.2, 0) is 36.7 Å². The molecule has 5 amide bonds. The number of alkyl carbamates (subject to hydrolysis) is 1. The number of hydrogen-bond acceptors (Lipinski definition) is 7. The molecule has 2 unspecified atom stereocenters. The van der Waals surface area contributed by atoms with Gasteiger partial charge in [0, 0.05) is 37.7 Å². The lowest BCUT2D eigenvalue weighted by Crippen LogP contribution is -2.46. The standard InChI is InChI=1S/C25H25F4N5O7S/c1-13(25(27,28)29)34(12-14-3-5-16(26)6-4-14)20(35)9-15-11-24(21(36)32-23(38)41-24)19-8-7-17(10-18(15)19)31-22(37)33-42(39,40)30-2/h3-8,10,13,15,30H,9,11-12H2,1-2H3,(H2,31,33,37)(H,32,36,38)/t13?,15?,24-/m1/s1. The highest BCUT2D eigenvalue weighted by molar-refractivity contribution is 7.88. The Kier molecular flexibility index (Phi) is 8.19. The second-order valence-electron chi connectivity index (χ2n) is 9.71. The highest BCUT2D eigenvalue weighted by Crippen LogP contribution is 2.51. The molecule has 2 aromatic rings. The molecule has 1 aliphatic carbocycles. The number of fused-ring (bicyclic) bond motifs is 2. The quantitative estimate of drug-likeness (QED) is 0.332. The van der Waals surface area contributed by atoms with Crippen molar-refractivity contribution in [2.45, 2.75) is 50.0 Å². The minimum atomic E-state index is -4.80. The molecule has 4 rings (SSSR count). The Morgan fingerprint density at radius 2 is 1.83 bits per heavy atom. The predicted octanol–water partition coefficient (Wildman–Crippen LogP) is 2.73. The molecule has 0 bridgehead atoms. The van der Waals surface area contributed by atoms with Crippen LogP contribution in [0.4, 0.5) is 32.8 Å². The van der Waals surface area contributed by atoms with Crippen molar-refractivity contribution in [2.24, 2.45) is 0 Å².